The number of allylic oxidation sites excluding steroid dienone is 2. The predicted octanol–water partition coefficient (Wildman–Crippen LogP) is 6.62. The molecule has 0 spiro atoms. The van der Waals surface area contributed by atoms with Crippen molar-refractivity contribution < 1.29 is 9.18 Å². The monoisotopic (exact) mass is 440 g/mol. The molecule has 2 heterocycles. The lowest BCUT2D eigenvalue weighted by Gasteiger charge is -2.22. The van der Waals surface area contributed by atoms with Gasteiger partial charge in [-0.15, -0.1) is 0 Å². The second-order valence-electron chi connectivity index (χ2n) is 7.81. The normalized spacial score (nSPS) is 19.8. The third-order valence-corrected chi connectivity index (χ3v) is 6.55. The van der Waals surface area contributed by atoms with E-state index in [1.54, 1.807) is 30.0 Å². The van der Waals surface area contributed by atoms with Crippen molar-refractivity contribution in [3.63, 3.8) is 0 Å². The Labute approximate surface area is 191 Å². The molecule has 158 valence electrons. The van der Waals surface area contributed by atoms with Crippen LogP contribution in [0.4, 0.5) is 4.39 Å². The van der Waals surface area contributed by atoms with E-state index in [0.29, 0.717) is 5.56 Å². The van der Waals surface area contributed by atoms with Crippen molar-refractivity contribution in [2.75, 3.05) is 0 Å². The van der Waals surface area contributed by atoms with Gasteiger partial charge in [-0.2, -0.15) is 0 Å². The molecule has 0 aromatic heterocycles. The Kier molecular flexibility index (Phi) is 5.50. The molecule has 32 heavy (non-hydrogen) atoms. The smallest absolute Gasteiger partial charge is 0.185 e. The largest absolute Gasteiger partial charge is 0.317 e. The maximum absolute atomic E-state index is 13.4. The van der Waals surface area contributed by atoms with Crippen LogP contribution in [-0.2, 0) is 0 Å². The Morgan fingerprint density at radius 3 is 2.38 bits per heavy atom. The molecule has 3 aromatic rings. The van der Waals surface area contributed by atoms with E-state index >= 15 is 0 Å². The summed E-state index contributed by atoms with van der Waals surface area (Å²) < 4.78 is 13.4. The van der Waals surface area contributed by atoms with Gasteiger partial charge in [0.2, 0.25) is 0 Å². The third kappa shape index (κ3) is 4.04. The molecular formula is C27H21FN2OS. The summed E-state index contributed by atoms with van der Waals surface area (Å²) in [6, 6.07) is 23.9. The average molecular weight is 441 g/mol. The highest BCUT2D eigenvalue weighted by atomic mass is 32.2. The van der Waals surface area contributed by atoms with Crippen LogP contribution in [0.25, 0.3) is 11.1 Å². The number of amidine groups is 1. The minimum atomic E-state index is -0.272. The van der Waals surface area contributed by atoms with Crippen molar-refractivity contribution in [2.24, 2.45) is 4.99 Å². The fourth-order valence-corrected chi connectivity index (χ4v) is 4.90. The number of ketones is 1. The van der Waals surface area contributed by atoms with Gasteiger partial charge in [0, 0.05) is 16.7 Å². The minimum Gasteiger partial charge on any atom is -0.317 e. The summed E-state index contributed by atoms with van der Waals surface area (Å²) >= 11 is 1.62. The lowest BCUT2D eigenvalue weighted by molar-refractivity contribution is 0.104. The van der Waals surface area contributed by atoms with Gasteiger partial charge in [0.1, 0.15) is 11.9 Å². The molecule has 0 fully saturated rings. The standard InChI is InChI=1S/C27H21FN2OS/c1-18-17-30-24(26(29-27(30)32-18)22-11-13-23(28)14-12-22)15-16-25(31)21-9-7-20(8-10-21)19-5-3-2-4-6-19/h2-17,24,26H,1H3/b16-15+. The van der Waals surface area contributed by atoms with Gasteiger partial charge in [-0.05, 0) is 41.8 Å². The summed E-state index contributed by atoms with van der Waals surface area (Å²) in [5.41, 5.74) is 3.76. The van der Waals surface area contributed by atoms with Crippen LogP contribution in [0, 0.1) is 5.82 Å². The van der Waals surface area contributed by atoms with Crippen molar-refractivity contribution >= 4 is 22.7 Å². The Hall–Kier alpha value is -3.44. The van der Waals surface area contributed by atoms with E-state index in [9.17, 15) is 9.18 Å². The Morgan fingerprint density at radius 2 is 1.66 bits per heavy atom. The highest BCUT2D eigenvalue weighted by Crippen LogP contribution is 2.41. The van der Waals surface area contributed by atoms with Crippen LogP contribution >= 0.6 is 11.8 Å². The summed E-state index contributed by atoms with van der Waals surface area (Å²) in [5.74, 6) is -0.324. The molecule has 0 N–H and O–H groups in total. The summed E-state index contributed by atoms with van der Waals surface area (Å²) in [5, 5.41) is 0.908. The van der Waals surface area contributed by atoms with Crippen molar-refractivity contribution in [3.8, 4) is 11.1 Å². The van der Waals surface area contributed by atoms with Gasteiger partial charge < -0.3 is 4.90 Å². The number of thioether (sulfide) groups is 1. The zero-order valence-corrected chi connectivity index (χ0v) is 18.3. The van der Waals surface area contributed by atoms with E-state index in [1.165, 1.54) is 12.1 Å². The Morgan fingerprint density at radius 1 is 0.969 bits per heavy atom. The number of carbonyl (C=O) groups is 1. The van der Waals surface area contributed by atoms with E-state index in [-0.39, 0.29) is 23.7 Å². The van der Waals surface area contributed by atoms with E-state index in [0.717, 1.165) is 26.8 Å². The second-order valence-corrected chi connectivity index (χ2v) is 9.03. The fraction of sp³-hybridized carbons (Fsp3) is 0.111. The lowest BCUT2D eigenvalue weighted by atomic mass is 9.98. The molecule has 0 saturated carbocycles. The van der Waals surface area contributed by atoms with Gasteiger partial charge in [0.25, 0.3) is 0 Å². The van der Waals surface area contributed by atoms with Crippen LogP contribution in [0.5, 0.6) is 0 Å². The number of benzene rings is 3. The molecule has 0 bridgehead atoms. The van der Waals surface area contributed by atoms with Crippen LogP contribution < -0.4 is 0 Å². The lowest BCUT2D eigenvalue weighted by Crippen LogP contribution is -2.28. The minimum absolute atomic E-state index is 0.0523. The molecule has 2 aliphatic rings. The van der Waals surface area contributed by atoms with Crippen LogP contribution in [0.3, 0.4) is 0 Å². The molecule has 0 aliphatic carbocycles. The Bertz CT molecular complexity index is 1230. The van der Waals surface area contributed by atoms with Crippen molar-refractivity contribution in [3.05, 3.63) is 119 Å². The highest BCUT2D eigenvalue weighted by molar-refractivity contribution is 8.17. The molecule has 0 saturated heterocycles. The SMILES string of the molecule is CC1=CN2C(=NC(c3ccc(F)cc3)C2/C=C/C(=O)c2ccc(-c3ccccc3)cc2)S1. The molecule has 3 aromatic carbocycles. The van der Waals surface area contributed by atoms with Gasteiger partial charge in [0.15, 0.2) is 11.0 Å². The summed E-state index contributed by atoms with van der Waals surface area (Å²) in [7, 11) is 0. The van der Waals surface area contributed by atoms with Crippen LogP contribution in [0.15, 0.2) is 107 Å². The molecule has 2 atom stereocenters. The van der Waals surface area contributed by atoms with Crippen LogP contribution in [0.2, 0.25) is 0 Å². The van der Waals surface area contributed by atoms with Gasteiger partial charge in [-0.3, -0.25) is 9.79 Å². The third-order valence-electron chi connectivity index (χ3n) is 5.62. The zero-order valence-electron chi connectivity index (χ0n) is 17.5. The number of hydrogen-bond donors (Lipinski definition) is 0. The quantitative estimate of drug-likeness (QED) is 0.330. The molecular weight excluding hydrogens is 419 g/mol. The van der Waals surface area contributed by atoms with Crippen molar-refractivity contribution in [1.29, 1.82) is 0 Å². The summed E-state index contributed by atoms with van der Waals surface area (Å²) in [6.07, 6.45) is 5.60. The number of halogens is 1. The Balaban J connectivity index is 1.37. The maximum atomic E-state index is 13.4. The topological polar surface area (TPSA) is 32.7 Å². The average Bonchev–Trinajstić information content (AvgIpc) is 3.34. The highest BCUT2D eigenvalue weighted by Gasteiger charge is 2.37. The van der Waals surface area contributed by atoms with Crippen LogP contribution in [0.1, 0.15) is 28.9 Å². The number of aliphatic imine (C=N–C) groups is 1. The number of rotatable bonds is 5. The van der Waals surface area contributed by atoms with Crippen LogP contribution in [-0.4, -0.2) is 21.9 Å². The van der Waals surface area contributed by atoms with E-state index in [1.807, 2.05) is 67.6 Å². The first-order chi connectivity index (χ1) is 15.6. The molecule has 3 nitrogen and oxygen atoms in total. The molecule has 0 amide bonds. The first kappa shape index (κ1) is 20.5. The molecule has 5 heteroatoms. The van der Waals surface area contributed by atoms with Crippen molar-refractivity contribution in [2.45, 2.75) is 19.0 Å². The number of hydrogen-bond acceptors (Lipinski definition) is 4. The molecule has 5 rings (SSSR count). The van der Waals surface area contributed by atoms with Gasteiger partial charge >= 0.3 is 0 Å². The predicted molar refractivity (Wildman–Crippen MR) is 129 cm³/mol. The summed E-state index contributed by atoms with van der Waals surface area (Å²) in [4.78, 5) is 21.0. The molecule has 0 radical (unpaired) electrons. The molecule has 2 unspecified atom stereocenters. The van der Waals surface area contributed by atoms with Gasteiger partial charge in [-0.1, -0.05) is 84.6 Å². The molecule has 2 aliphatic heterocycles. The first-order valence-corrected chi connectivity index (χ1v) is 11.3. The van der Waals surface area contributed by atoms with Gasteiger partial charge in [-0.25, -0.2) is 4.39 Å². The first-order valence-electron chi connectivity index (χ1n) is 10.4. The number of nitrogens with zero attached hydrogens (tertiary/aromatic N) is 2. The van der Waals surface area contributed by atoms with E-state index in [2.05, 4.69) is 11.1 Å². The maximum Gasteiger partial charge on any atom is 0.185 e. The van der Waals surface area contributed by atoms with Crippen molar-refractivity contribution in [1.82, 2.24) is 4.90 Å². The zero-order chi connectivity index (χ0) is 22.1. The van der Waals surface area contributed by atoms with E-state index in [4.69, 9.17) is 4.99 Å². The second kappa shape index (κ2) is 8.60. The van der Waals surface area contributed by atoms with Gasteiger partial charge in [0.05, 0.1) is 6.04 Å². The summed E-state index contributed by atoms with van der Waals surface area (Å²) in [6.45, 7) is 2.04. The van der Waals surface area contributed by atoms with E-state index < -0.39 is 0 Å². The number of carbonyl (C=O) groups excluding carboxylic acids is 1. The fourth-order valence-electron chi connectivity index (χ4n) is 4.00. The number of fused-ring (bicyclic) bond motifs is 1.